The first kappa shape index (κ1) is 18.8. The molecule has 0 rings (SSSR count). The maximum Gasteiger partial charge on any atom is 0.328 e. The molecule has 0 radical (unpaired) electrons. The standard InChI is InChI=1S/C18H25NO2/c1-6-7-8-10-14(2)11-9-12-15(3)13-16(4)19-17(5)18(20)21/h6-13,17H,1-5H3,(H,20,21)/t17-/m0/s1. The van der Waals surface area contributed by atoms with Crippen molar-refractivity contribution in [2.45, 2.75) is 40.7 Å². The number of aliphatic imine (C=N–C) groups is 1. The summed E-state index contributed by atoms with van der Waals surface area (Å²) >= 11 is 0. The lowest BCUT2D eigenvalue weighted by Gasteiger charge is -2.00. The summed E-state index contributed by atoms with van der Waals surface area (Å²) in [6, 6.07) is -0.711. The van der Waals surface area contributed by atoms with Crippen LogP contribution in [0, 0.1) is 0 Å². The van der Waals surface area contributed by atoms with E-state index in [-0.39, 0.29) is 0 Å². The summed E-state index contributed by atoms with van der Waals surface area (Å²) in [7, 11) is 0. The van der Waals surface area contributed by atoms with Crippen LogP contribution >= 0.6 is 0 Å². The minimum atomic E-state index is -0.914. The third-order valence-corrected chi connectivity index (χ3v) is 2.57. The van der Waals surface area contributed by atoms with E-state index < -0.39 is 12.0 Å². The Morgan fingerprint density at radius 1 is 1.05 bits per heavy atom. The first-order valence-electron chi connectivity index (χ1n) is 6.96. The summed E-state index contributed by atoms with van der Waals surface area (Å²) < 4.78 is 0. The van der Waals surface area contributed by atoms with E-state index in [0.717, 1.165) is 11.1 Å². The van der Waals surface area contributed by atoms with Crippen LogP contribution in [0.1, 0.15) is 34.6 Å². The van der Waals surface area contributed by atoms with Gasteiger partial charge < -0.3 is 5.11 Å². The van der Waals surface area contributed by atoms with Gasteiger partial charge >= 0.3 is 5.97 Å². The molecule has 1 N–H and O–H groups in total. The summed E-state index contributed by atoms with van der Waals surface area (Å²) in [5, 5.41) is 8.80. The van der Waals surface area contributed by atoms with Gasteiger partial charge in [-0.1, -0.05) is 48.1 Å². The molecule has 0 saturated carbocycles. The van der Waals surface area contributed by atoms with E-state index in [2.05, 4.69) is 4.99 Å². The smallest absolute Gasteiger partial charge is 0.328 e. The molecule has 0 amide bonds. The molecule has 0 aliphatic heterocycles. The zero-order chi connectivity index (χ0) is 16.3. The molecule has 0 aromatic rings. The first-order chi connectivity index (χ1) is 9.86. The van der Waals surface area contributed by atoms with Crippen molar-refractivity contribution in [2.24, 2.45) is 4.99 Å². The average molecular weight is 287 g/mol. The van der Waals surface area contributed by atoms with Crippen LogP contribution in [0.5, 0.6) is 0 Å². The predicted octanol–water partition coefficient (Wildman–Crippen LogP) is 4.50. The van der Waals surface area contributed by atoms with Crippen LogP contribution in [-0.4, -0.2) is 22.8 Å². The number of carbonyl (C=O) groups is 1. The van der Waals surface area contributed by atoms with Crippen molar-refractivity contribution in [1.29, 1.82) is 0 Å². The van der Waals surface area contributed by atoms with E-state index >= 15 is 0 Å². The number of carboxylic acid groups (broad SMARTS) is 1. The first-order valence-corrected chi connectivity index (χ1v) is 6.96. The molecule has 0 aliphatic carbocycles. The number of hydrogen-bond acceptors (Lipinski definition) is 2. The average Bonchev–Trinajstić information content (AvgIpc) is 2.38. The van der Waals surface area contributed by atoms with Crippen LogP contribution in [0.4, 0.5) is 0 Å². The topological polar surface area (TPSA) is 49.7 Å². The second kappa shape index (κ2) is 10.6. The molecule has 0 unspecified atom stereocenters. The zero-order valence-corrected chi connectivity index (χ0v) is 13.5. The van der Waals surface area contributed by atoms with Crippen molar-refractivity contribution < 1.29 is 9.90 Å². The van der Waals surface area contributed by atoms with Crippen LogP contribution in [0.15, 0.2) is 64.7 Å². The van der Waals surface area contributed by atoms with Crippen LogP contribution in [0.3, 0.4) is 0 Å². The van der Waals surface area contributed by atoms with E-state index in [9.17, 15) is 4.79 Å². The van der Waals surface area contributed by atoms with E-state index in [1.54, 1.807) is 13.8 Å². The fourth-order valence-corrected chi connectivity index (χ4v) is 1.50. The molecule has 0 bridgehead atoms. The van der Waals surface area contributed by atoms with Gasteiger partial charge in [-0.25, -0.2) is 4.79 Å². The monoisotopic (exact) mass is 287 g/mol. The number of allylic oxidation sites excluding steroid dienone is 10. The third kappa shape index (κ3) is 10.3. The highest BCUT2D eigenvalue weighted by atomic mass is 16.4. The Bertz CT molecular complexity index is 517. The molecule has 0 heterocycles. The molecule has 114 valence electrons. The van der Waals surface area contributed by atoms with E-state index in [4.69, 9.17) is 5.11 Å². The number of nitrogens with zero attached hydrogens (tertiary/aromatic N) is 1. The third-order valence-electron chi connectivity index (χ3n) is 2.57. The van der Waals surface area contributed by atoms with Crippen molar-refractivity contribution in [3.63, 3.8) is 0 Å². The molecular formula is C18H25NO2. The molecule has 0 spiro atoms. The van der Waals surface area contributed by atoms with Crippen molar-refractivity contribution in [2.75, 3.05) is 0 Å². The highest BCUT2D eigenvalue weighted by molar-refractivity contribution is 5.95. The predicted molar refractivity (Wildman–Crippen MR) is 90.8 cm³/mol. The summed E-state index contributed by atoms with van der Waals surface area (Å²) in [6.45, 7) is 9.34. The number of carboxylic acids is 1. The highest BCUT2D eigenvalue weighted by Gasteiger charge is 2.07. The van der Waals surface area contributed by atoms with E-state index in [1.165, 1.54) is 0 Å². The quantitative estimate of drug-likeness (QED) is 0.553. The lowest BCUT2D eigenvalue weighted by Crippen LogP contribution is -2.14. The number of aliphatic carboxylic acids is 1. The molecule has 0 aliphatic rings. The summed E-state index contributed by atoms with van der Waals surface area (Å²) in [5.41, 5.74) is 2.89. The van der Waals surface area contributed by atoms with E-state index in [0.29, 0.717) is 5.71 Å². The fraction of sp³-hybridized carbons (Fsp3) is 0.333. The van der Waals surface area contributed by atoms with Crippen molar-refractivity contribution in [3.05, 3.63) is 59.8 Å². The van der Waals surface area contributed by atoms with Crippen molar-refractivity contribution in [3.8, 4) is 0 Å². The lowest BCUT2D eigenvalue weighted by molar-refractivity contribution is -0.137. The van der Waals surface area contributed by atoms with Gasteiger partial charge in [-0.3, -0.25) is 4.99 Å². The maximum absolute atomic E-state index is 10.7. The minimum Gasteiger partial charge on any atom is -0.480 e. The van der Waals surface area contributed by atoms with Gasteiger partial charge in [-0.15, -0.1) is 0 Å². The molecule has 3 nitrogen and oxygen atoms in total. The summed E-state index contributed by atoms with van der Waals surface area (Å²) in [6.07, 6.45) is 15.8. The Kier molecular flexibility index (Phi) is 9.52. The Hall–Kier alpha value is -2.16. The second-order valence-corrected chi connectivity index (χ2v) is 4.83. The molecule has 0 saturated heterocycles. The van der Waals surface area contributed by atoms with Gasteiger partial charge in [-0.2, -0.15) is 0 Å². The van der Waals surface area contributed by atoms with Gasteiger partial charge in [-0.05, 0) is 46.3 Å². The van der Waals surface area contributed by atoms with Gasteiger partial charge in [0.1, 0.15) is 6.04 Å². The summed E-state index contributed by atoms with van der Waals surface area (Å²) in [4.78, 5) is 14.8. The molecule has 0 aromatic heterocycles. The van der Waals surface area contributed by atoms with Crippen molar-refractivity contribution in [1.82, 2.24) is 0 Å². The van der Waals surface area contributed by atoms with Crippen molar-refractivity contribution >= 4 is 11.7 Å². The molecule has 0 fully saturated rings. The molecule has 3 heteroatoms. The van der Waals surface area contributed by atoms with Crippen LogP contribution in [-0.2, 0) is 4.79 Å². The van der Waals surface area contributed by atoms with Gasteiger partial charge in [0, 0.05) is 5.71 Å². The Balaban J connectivity index is 4.70. The fourth-order valence-electron chi connectivity index (χ4n) is 1.50. The lowest BCUT2D eigenvalue weighted by atomic mass is 10.2. The molecule has 0 aromatic carbocycles. The SMILES string of the molecule is CC=CC=CC(C)=CC=CC(C)=CC(C)=N[C@@H](C)C(=O)O. The minimum absolute atomic E-state index is 0.709. The highest BCUT2D eigenvalue weighted by Crippen LogP contribution is 2.01. The van der Waals surface area contributed by atoms with Gasteiger partial charge in [0.25, 0.3) is 0 Å². The van der Waals surface area contributed by atoms with Gasteiger partial charge in [0.15, 0.2) is 0 Å². The van der Waals surface area contributed by atoms with Crippen LogP contribution in [0.25, 0.3) is 0 Å². The van der Waals surface area contributed by atoms with Gasteiger partial charge in [0.2, 0.25) is 0 Å². The Morgan fingerprint density at radius 3 is 2.24 bits per heavy atom. The Morgan fingerprint density at radius 2 is 1.67 bits per heavy atom. The largest absolute Gasteiger partial charge is 0.480 e. The summed E-state index contributed by atoms with van der Waals surface area (Å²) in [5.74, 6) is -0.914. The maximum atomic E-state index is 10.7. The second-order valence-electron chi connectivity index (χ2n) is 4.83. The zero-order valence-electron chi connectivity index (χ0n) is 13.5. The molecule has 21 heavy (non-hydrogen) atoms. The molecule has 1 atom stereocenters. The van der Waals surface area contributed by atoms with Crippen LogP contribution < -0.4 is 0 Å². The number of hydrogen-bond donors (Lipinski definition) is 1. The Labute approximate surface area is 127 Å². The van der Waals surface area contributed by atoms with Crippen LogP contribution in [0.2, 0.25) is 0 Å². The van der Waals surface area contributed by atoms with Gasteiger partial charge in [0.05, 0.1) is 0 Å². The normalized spacial score (nSPS) is 16.3. The van der Waals surface area contributed by atoms with E-state index in [1.807, 2.05) is 69.4 Å². The number of rotatable bonds is 7. The molecular weight excluding hydrogens is 262 g/mol.